The van der Waals surface area contributed by atoms with Crippen LogP contribution >= 0.6 is 23.2 Å². The second-order valence-corrected chi connectivity index (χ2v) is 6.66. The molecule has 0 amide bonds. The summed E-state index contributed by atoms with van der Waals surface area (Å²) in [6.45, 7) is 0.0161. The zero-order valence-electron chi connectivity index (χ0n) is 14.0. The van der Waals surface area contributed by atoms with Crippen molar-refractivity contribution in [2.75, 3.05) is 6.61 Å². The zero-order valence-corrected chi connectivity index (χ0v) is 15.5. The first-order chi connectivity index (χ1) is 12.3. The average molecular weight is 399 g/mol. The molecule has 0 saturated carbocycles. The van der Waals surface area contributed by atoms with Crippen molar-refractivity contribution < 1.29 is 9.84 Å². The van der Waals surface area contributed by atoms with E-state index in [-0.39, 0.29) is 24.3 Å². The summed E-state index contributed by atoms with van der Waals surface area (Å²) in [5, 5.41) is 11.1. The highest BCUT2D eigenvalue weighted by Crippen LogP contribution is 2.27. The smallest absolute Gasteiger partial charge is 0.332 e. The summed E-state index contributed by atoms with van der Waals surface area (Å²) >= 11 is 11.8. The number of fused-ring (bicyclic) bond motifs is 1. The summed E-state index contributed by atoms with van der Waals surface area (Å²) in [7, 11) is 2.92. The molecule has 10 heteroatoms. The van der Waals surface area contributed by atoms with Crippen LogP contribution in [0.1, 0.15) is 0 Å². The molecule has 0 spiro atoms. The fourth-order valence-electron chi connectivity index (χ4n) is 2.59. The van der Waals surface area contributed by atoms with E-state index in [1.54, 1.807) is 18.2 Å². The standard InChI is InChI=1S/C16H16Cl2N4O4/c1-20-14-13(15(24)21(2)16(20)25)22(8-19-14)6-10(23)7-26-12-4-3-9(17)5-11(12)18/h3-5,8,10,23H,6-7H2,1-2H3/t10-/m1/s1. The first-order valence-electron chi connectivity index (χ1n) is 7.66. The molecule has 1 N–H and O–H groups in total. The molecule has 26 heavy (non-hydrogen) atoms. The van der Waals surface area contributed by atoms with Crippen molar-refractivity contribution >= 4 is 34.4 Å². The molecule has 0 unspecified atom stereocenters. The predicted molar refractivity (Wildman–Crippen MR) is 98.2 cm³/mol. The van der Waals surface area contributed by atoms with Crippen LogP contribution in [0, 0.1) is 0 Å². The van der Waals surface area contributed by atoms with Crippen LogP contribution in [0.2, 0.25) is 10.0 Å². The minimum Gasteiger partial charge on any atom is -0.489 e. The van der Waals surface area contributed by atoms with E-state index in [0.29, 0.717) is 15.8 Å². The fourth-order valence-corrected chi connectivity index (χ4v) is 3.06. The van der Waals surface area contributed by atoms with Crippen molar-refractivity contribution in [2.24, 2.45) is 14.1 Å². The molecular weight excluding hydrogens is 383 g/mol. The molecule has 0 bridgehead atoms. The SMILES string of the molecule is Cn1c(=O)c2c(ncn2C[C@@H](O)COc2ccc(Cl)cc2Cl)n(C)c1=O. The van der Waals surface area contributed by atoms with Gasteiger partial charge in [-0.05, 0) is 18.2 Å². The molecule has 0 aliphatic heterocycles. The predicted octanol–water partition coefficient (Wildman–Crippen LogP) is 1.18. The van der Waals surface area contributed by atoms with Gasteiger partial charge in [-0.25, -0.2) is 9.78 Å². The normalized spacial score (nSPS) is 12.5. The maximum absolute atomic E-state index is 12.4. The topological polar surface area (TPSA) is 91.3 Å². The minimum absolute atomic E-state index is 0.0485. The molecule has 0 aliphatic rings. The van der Waals surface area contributed by atoms with Crippen molar-refractivity contribution in [3.63, 3.8) is 0 Å². The lowest BCUT2D eigenvalue weighted by Crippen LogP contribution is -2.38. The number of aliphatic hydroxyl groups is 1. The highest BCUT2D eigenvalue weighted by atomic mass is 35.5. The summed E-state index contributed by atoms with van der Waals surface area (Å²) < 4.78 is 9.27. The van der Waals surface area contributed by atoms with Crippen molar-refractivity contribution in [1.82, 2.24) is 18.7 Å². The van der Waals surface area contributed by atoms with Crippen LogP contribution in [-0.4, -0.2) is 36.5 Å². The Kier molecular flexibility index (Phi) is 5.08. The van der Waals surface area contributed by atoms with E-state index in [9.17, 15) is 14.7 Å². The molecule has 0 radical (unpaired) electrons. The number of aryl methyl sites for hydroxylation is 1. The maximum atomic E-state index is 12.4. The summed E-state index contributed by atoms with van der Waals surface area (Å²) in [5.74, 6) is 0.393. The summed E-state index contributed by atoms with van der Waals surface area (Å²) in [6.07, 6.45) is 0.477. The Labute approximate surface area is 157 Å². The third-order valence-corrected chi connectivity index (χ3v) is 4.48. The summed E-state index contributed by atoms with van der Waals surface area (Å²) in [6, 6.07) is 4.77. The van der Waals surface area contributed by atoms with Crippen molar-refractivity contribution in [3.05, 3.63) is 55.4 Å². The van der Waals surface area contributed by atoms with Gasteiger partial charge in [-0.15, -0.1) is 0 Å². The van der Waals surface area contributed by atoms with E-state index in [0.717, 1.165) is 4.57 Å². The Morgan fingerprint density at radius 1 is 1.23 bits per heavy atom. The van der Waals surface area contributed by atoms with E-state index in [1.807, 2.05) is 0 Å². The number of ether oxygens (including phenoxy) is 1. The van der Waals surface area contributed by atoms with Crippen molar-refractivity contribution in [3.8, 4) is 5.75 Å². The zero-order chi connectivity index (χ0) is 19.0. The van der Waals surface area contributed by atoms with Gasteiger partial charge in [0.2, 0.25) is 0 Å². The van der Waals surface area contributed by atoms with Gasteiger partial charge in [0.15, 0.2) is 11.2 Å². The van der Waals surface area contributed by atoms with Crippen molar-refractivity contribution in [1.29, 1.82) is 0 Å². The van der Waals surface area contributed by atoms with Crippen LogP contribution < -0.4 is 16.0 Å². The molecule has 2 aromatic heterocycles. The fraction of sp³-hybridized carbons (Fsp3) is 0.312. The van der Waals surface area contributed by atoms with Crippen LogP contribution in [0.4, 0.5) is 0 Å². The molecule has 0 fully saturated rings. The Morgan fingerprint density at radius 3 is 2.65 bits per heavy atom. The number of hydrogen-bond donors (Lipinski definition) is 1. The first kappa shape index (κ1) is 18.5. The molecule has 3 aromatic rings. The van der Waals surface area contributed by atoms with Crippen LogP contribution in [0.5, 0.6) is 5.75 Å². The third-order valence-electron chi connectivity index (χ3n) is 3.95. The quantitative estimate of drug-likeness (QED) is 0.696. The lowest BCUT2D eigenvalue weighted by atomic mass is 10.3. The number of rotatable bonds is 5. The average Bonchev–Trinajstić information content (AvgIpc) is 3.01. The van der Waals surface area contributed by atoms with Gasteiger partial charge in [0.1, 0.15) is 18.5 Å². The van der Waals surface area contributed by atoms with Gasteiger partial charge < -0.3 is 14.4 Å². The third kappa shape index (κ3) is 3.35. The Bertz CT molecular complexity index is 1090. The highest BCUT2D eigenvalue weighted by molar-refractivity contribution is 6.35. The molecule has 2 heterocycles. The monoisotopic (exact) mass is 398 g/mol. The number of aromatic nitrogens is 4. The van der Waals surface area contributed by atoms with Gasteiger partial charge in [0.05, 0.1) is 17.9 Å². The van der Waals surface area contributed by atoms with E-state index in [1.165, 1.54) is 29.6 Å². The van der Waals surface area contributed by atoms with E-state index < -0.39 is 17.4 Å². The van der Waals surface area contributed by atoms with Gasteiger partial charge >= 0.3 is 5.69 Å². The van der Waals surface area contributed by atoms with Gasteiger partial charge in [-0.1, -0.05) is 23.2 Å². The highest BCUT2D eigenvalue weighted by Gasteiger charge is 2.17. The first-order valence-corrected chi connectivity index (χ1v) is 8.42. The van der Waals surface area contributed by atoms with E-state index in [4.69, 9.17) is 27.9 Å². The molecule has 1 aromatic carbocycles. The van der Waals surface area contributed by atoms with Gasteiger partial charge in [0.25, 0.3) is 5.56 Å². The molecule has 0 saturated heterocycles. The molecule has 8 nitrogen and oxygen atoms in total. The number of nitrogens with zero attached hydrogens (tertiary/aromatic N) is 4. The Hall–Kier alpha value is -2.29. The molecular formula is C16H16Cl2N4O4. The van der Waals surface area contributed by atoms with Gasteiger partial charge in [-0.3, -0.25) is 13.9 Å². The van der Waals surface area contributed by atoms with Crippen LogP contribution in [0.25, 0.3) is 11.2 Å². The number of imidazole rings is 1. The second-order valence-electron chi connectivity index (χ2n) is 5.81. The molecule has 1 atom stereocenters. The van der Waals surface area contributed by atoms with Gasteiger partial charge in [-0.2, -0.15) is 0 Å². The molecule has 0 aliphatic carbocycles. The van der Waals surface area contributed by atoms with Gasteiger partial charge in [0, 0.05) is 19.1 Å². The Balaban J connectivity index is 1.81. The van der Waals surface area contributed by atoms with E-state index in [2.05, 4.69) is 4.98 Å². The lowest BCUT2D eigenvalue weighted by Gasteiger charge is -2.14. The number of benzene rings is 1. The van der Waals surface area contributed by atoms with Crippen LogP contribution in [0.15, 0.2) is 34.1 Å². The molecule has 3 rings (SSSR count). The lowest BCUT2D eigenvalue weighted by molar-refractivity contribution is 0.0934. The van der Waals surface area contributed by atoms with Crippen molar-refractivity contribution in [2.45, 2.75) is 12.6 Å². The number of hydrogen-bond acceptors (Lipinski definition) is 5. The minimum atomic E-state index is -0.930. The Morgan fingerprint density at radius 2 is 1.96 bits per heavy atom. The molecule has 138 valence electrons. The van der Waals surface area contributed by atoms with E-state index >= 15 is 0 Å². The summed E-state index contributed by atoms with van der Waals surface area (Å²) in [5.41, 5.74) is -0.450. The number of halogens is 2. The second kappa shape index (κ2) is 7.14. The van der Waals surface area contributed by atoms with Crippen LogP contribution in [0.3, 0.4) is 0 Å². The maximum Gasteiger partial charge on any atom is 0.332 e. The van der Waals surface area contributed by atoms with Crippen LogP contribution in [-0.2, 0) is 20.6 Å². The summed E-state index contributed by atoms with van der Waals surface area (Å²) in [4.78, 5) is 28.4. The number of aliphatic hydroxyl groups excluding tert-OH is 1. The largest absolute Gasteiger partial charge is 0.489 e.